The van der Waals surface area contributed by atoms with Gasteiger partial charge in [0.1, 0.15) is 0 Å². The van der Waals surface area contributed by atoms with Crippen LogP contribution in [0.5, 0.6) is 0 Å². The second-order valence-corrected chi connectivity index (χ2v) is 9.40. The molecule has 0 radical (unpaired) electrons. The van der Waals surface area contributed by atoms with Crippen LogP contribution in [0, 0.1) is 34.5 Å². The van der Waals surface area contributed by atoms with E-state index in [0.29, 0.717) is 24.7 Å². The minimum absolute atomic E-state index is 0.0210. The third-order valence-electron chi connectivity index (χ3n) is 7.84. The van der Waals surface area contributed by atoms with E-state index in [9.17, 15) is 15.3 Å². The summed E-state index contributed by atoms with van der Waals surface area (Å²) in [5.41, 5.74) is 0.792. The summed E-state index contributed by atoms with van der Waals surface area (Å²) in [6.45, 7) is 8.86. The Morgan fingerprint density at radius 1 is 1.26 bits per heavy atom. The fourth-order valence-electron chi connectivity index (χ4n) is 6.78. The molecule has 0 aromatic rings. The molecule has 128 valence electrons. The Kier molecular flexibility index (Phi) is 3.10. The summed E-state index contributed by atoms with van der Waals surface area (Å²) in [6.07, 6.45) is 5.88. The quantitative estimate of drug-likeness (QED) is 0.651. The Labute approximate surface area is 139 Å². The van der Waals surface area contributed by atoms with E-state index in [1.54, 1.807) is 0 Å². The zero-order valence-electron chi connectivity index (χ0n) is 14.7. The summed E-state index contributed by atoms with van der Waals surface area (Å²) in [4.78, 5) is 0. The maximum absolute atomic E-state index is 11.6. The highest BCUT2D eigenvalue weighted by atomic mass is 16.3. The number of rotatable bonds is 1. The van der Waals surface area contributed by atoms with Crippen molar-refractivity contribution >= 4 is 0 Å². The molecule has 3 heteroatoms. The van der Waals surface area contributed by atoms with Crippen LogP contribution in [-0.4, -0.2) is 33.6 Å². The zero-order valence-corrected chi connectivity index (χ0v) is 14.7. The van der Waals surface area contributed by atoms with Crippen molar-refractivity contribution in [3.05, 3.63) is 23.3 Å². The topological polar surface area (TPSA) is 60.7 Å². The van der Waals surface area contributed by atoms with E-state index in [4.69, 9.17) is 0 Å². The van der Waals surface area contributed by atoms with Gasteiger partial charge in [0.05, 0.1) is 18.3 Å². The predicted molar refractivity (Wildman–Crippen MR) is 89.6 cm³/mol. The molecule has 2 saturated carbocycles. The van der Waals surface area contributed by atoms with Crippen LogP contribution < -0.4 is 0 Å². The number of fused-ring (bicyclic) bond motifs is 3. The molecule has 0 aliphatic heterocycles. The summed E-state index contributed by atoms with van der Waals surface area (Å²) < 4.78 is 0. The first-order valence-corrected chi connectivity index (χ1v) is 9.06. The van der Waals surface area contributed by atoms with E-state index in [-0.39, 0.29) is 23.9 Å². The fourth-order valence-corrected chi connectivity index (χ4v) is 6.78. The molecular weight excluding hydrogens is 288 g/mol. The second kappa shape index (κ2) is 4.50. The maximum atomic E-state index is 11.6. The molecule has 2 bridgehead atoms. The molecule has 3 nitrogen and oxygen atoms in total. The fraction of sp³-hybridized carbons (Fsp3) is 0.800. The van der Waals surface area contributed by atoms with Crippen molar-refractivity contribution in [1.82, 2.24) is 0 Å². The summed E-state index contributed by atoms with van der Waals surface area (Å²) in [5.74, 6) is 1.34. The van der Waals surface area contributed by atoms with Gasteiger partial charge in [0.2, 0.25) is 0 Å². The van der Waals surface area contributed by atoms with Crippen LogP contribution in [-0.2, 0) is 0 Å². The molecule has 2 fully saturated rings. The lowest BCUT2D eigenvalue weighted by atomic mass is 9.59. The molecule has 7 atom stereocenters. The number of hydrogen-bond donors (Lipinski definition) is 3. The molecule has 0 aromatic carbocycles. The van der Waals surface area contributed by atoms with Crippen molar-refractivity contribution < 1.29 is 15.3 Å². The van der Waals surface area contributed by atoms with Gasteiger partial charge in [-0.05, 0) is 48.5 Å². The highest BCUT2D eigenvalue weighted by Gasteiger charge is 2.71. The van der Waals surface area contributed by atoms with Crippen molar-refractivity contribution in [2.24, 2.45) is 34.5 Å². The number of hydrogen-bond acceptors (Lipinski definition) is 3. The molecule has 4 aliphatic carbocycles. The van der Waals surface area contributed by atoms with Gasteiger partial charge in [-0.2, -0.15) is 0 Å². The smallest absolute Gasteiger partial charge is 0.0840 e. The molecule has 4 rings (SSSR count). The Balaban J connectivity index is 1.91. The first-order chi connectivity index (χ1) is 10.7. The Morgan fingerprint density at radius 3 is 2.61 bits per heavy atom. The second-order valence-electron chi connectivity index (χ2n) is 9.40. The number of aliphatic hydroxyl groups excluding tert-OH is 2. The van der Waals surface area contributed by atoms with Crippen LogP contribution >= 0.6 is 0 Å². The summed E-state index contributed by atoms with van der Waals surface area (Å²) in [5, 5.41) is 32.9. The third kappa shape index (κ3) is 1.76. The average molecular weight is 318 g/mol. The largest absolute Gasteiger partial charge is 0.392 e. The SMILES string of the molecule is CC1=C[C@]23C(O)[C@@H](C=C(CO)CC2(O)C1)C1C(C[C@H]3C)C1(C)C. The monoisotopic (exact) mass is 318 g/mol. The standard InChI is InChI=1S/C20H30O3/c1-11-7-19(23)9-13(10-21)6-14-16-15(18(16,3)4)5-12(2)20(19,8-11)17(14)22/h6,8,12,14-17,21-23H,5,7,9-10H2,1-4H3/t12-,14+,15?,16?,17?,19?,20+/m1/s1. The first kappa shape index (κ1) is 15.9. The van der Waals surface area contributed by atoms with Gasteiger partial charge in [0.15, 0.2) is 0 Å². The van der Waals surface area contributed by atoms with Crippen LogP contribution in [0.2, 0.25) is 0 Å². The van der Waals surface area contributed by atoms with Crippen molar-refractivity contribution in [1.29, 1.82) is 0 Å². The van der Waals surface area contributed by atoms with E-state index in [1.807, 2.05) is 0 Å². The van der Waals surface area contributed by atoms with Crippen LogP contribution in [0.3, 0.4) is 0 Å². The lowest BCUT2D eigenvalue weighted by Crippen LogP contribution is -2.56. The highest BCUT2D eigenvalue weighted by Crippen LogP contribution is 2.72. The molecule has 1 spiro atoms. The van der Waals surface area contributed by atoms with E-state index < -0.39 is 17.1 Å². The van der Waals surface area contributed by atoms with E-state index in [2.05, 4.69) is 39.8 Å². The third-order valence-corrected chi connectivity index (χ3v) is 7.84. The molecule has 23 heavy (non-hydrogen) atoms. The van der Waals surface area contributed by atoms with Crippen molar-refractivity contribution in [3.8, 4) is 0 Å². The van der Waals surface area contributed by atoms with Crippen molar-refractivity contribution in [2.75, 3.05) is 6.61 Å². The molecular formula is C20H30O3. The van der Waals surface area contributed by atoms with Crippen molar-refractivity contribution in [2.45, 2.75) is 58.7 Å². The van der Waals surface area contributed by atoms with E-state index >= 15 is 0 Å². The van der Waals surface area contributed by atoms with Crippen LogP contribution in [0.25, 0.3) is 0 Å². The van der Waals surface area contributed by atoms with Gasteiger partial charge in [-0.3, -0.25) is 0 Å². The van der Waals surface area contributed by atoms with E-state index in [1.165, 1.54) is 5.57 Å². The molecule has 0 amide bonds. The van der Waals surface area contributed by atoms with Gasteiger partial charge in [0, 0.05) is 17.8 Å². The Bertz CT molecular complexity index is 604. The highest BCUT2D eigenvalue weighted by molar-refractivity contribution is 5.37. The first-order valence-electron chi connectivity index (χ1n) is 9.06. The maximum Gasteiger partial charge on any atom is 0.0840 e. The van der Waals surface area contributed by atoms with Crippen LogP contribution in [0.15, 0.2) is 23.3 Å². The van der Waals surface area contributed by atoms with Crippen LogP contribution in [0.4, 0.5) is 0 Å². The minimum atomic E-state index is -0.958. The summed E-state index contributed by atoms with van der Waals surface area (Å²) >= 11 is 0. The van der Waals surface area contributed by atoms with Crippen molar-refractivity contribution in [3.63, 3.8) is 0 Å². The number of aliphatic hydroxyl groups is 3. The van der Waals surface area contributed by atoms with Gasteiger partial charge >= 0.3 is 0 Å². The van der Waals surface area contributed by atoms with Gasteiger partial charge in [0.25, 0.3) is 0 Å². The molecule has 0 saturated heterocycles. The average Bonchev–Trinajstić information content (AvgIpc) is 2.91. The predicted octanol–water partition coefficient (Wildman–Crippen LogP) is 2.67. The van der Waals surface area contributed by atoms with Crippen LogP contribution in [0.1, 0.15) is 47.0 Å². The molecule has 4 unspecified atom stereocenters. The summed E-state index contributed by atoms with van der Waals surface area (Å²) in [6, 6.07) is 0. The van der Waals surface area contributed by atoms with E-state index in [0.717, 1.165) is 12.0 Å². The Morgan fingerprint density at radius 2 is 1.96 bits per heavy atom. The molecule has 4 aliphatic rings. The summed E-state index contributed by atoms with van der Waals surface area (Å²) in [7, 11) is 0. The lowest BCUT2D eigenvalue weighted by molar-refractivity contribution is -0.141. The lowest BCUT2D eigenvalue weighted by Gasteiger charge is -2.49. The normalized spacial score (nSPS) is 53.4. The molecule has 0 heterocycles. The Hall–Kier alpha value is -0.640. The molecule has 0 aromatic heterocycles. The van der Waals surface area contributed by atoms with Gasteiger partial charge in [-0.25, -0.2) is 0 Å². The zero-order chi connectivity index (χ0) is 16.8. The van der Waals surface area contributed by atoms with Gasteiger partial charge in [-0.15, -0.1) is 0 Å². The van der Waals surface area contributed by atoms with Gasteiger partial charge in [-0.1, -0.05) is 38.5 Å². The molecule has 3 N–H and O–H groups in total. The minimum Gasteiger partial charge on any atom is -0.392 e. The van der Waals surface area contributed by atoms with Gasteiger partial charge < -0.3 is 15.3 Å².